The molecule has 2 unspecified atom stereocenters. The van der Waals surface area contributed by atoms with Gasteiger partial charge in [-0.15, -0.1) is 27.2 Å². The summed E-state index contributed by atoms with van der Waals surface area (Å²) in [4.78, 5) is 6.78. The lowest BCUT2D eigenvalue weighted by molar-refractivity contribution is -0.0501. The summed E-state index contributed by atoms with van der Waals surface area (Å²) in [5.74, 6) is -0.206. The molecule has 6 atom stereocenters. The third-order valence-corrected chi connectivity index (χ3v) is 19.1. The van der Waals surface area contributed by atoms with E-state index in [0.717, 1.165) is 54.1 Å². The second kappa shape index (κ2) is 20.0. The van der Waals surface area contributed by atoms with E-state index in [4.69, 9.17) is 23.2 Å². The maximum Gasteiger partial charge on any atom is 0.534 e. The van der Waals surface area contributed by atoms with E-state index >= 15 is 0 Å². The number of benzene rings is 3. The average Bonchev–Trinajstić information content (AvgIpc) is 3.48. The molecule has 4 bridgehead atoms. The number of piperidine rings is 2. The second-order valence-corrected chi connectivity index (χ2v) is 24.0. The molecule has 0 spiro atoms. The Hall–Kier alpha value is -2.52. The predicted octanol–water partition coefficient (Wildman–Crippen LogP) is 10.2. The van der Waals surface area contributed by atoms with Gasteiger partial charge in [0.05, 0.1) is 15.7 Å². The van der Waals surface area contributed by atoms with Crippen molar-refractivity contribution in [3.63, 3.8) is 0 Å². The number of phenolic OH excluding ortho intramolecular Hbond substituents is 1. The van der Waals surface area contributed by atoms with Crippen LogP contribution in [0.5, 0.6) is 11.5 Å². The highest BCUT2D eigenvalue weighted by atomic mass is 35.5. The highest BCUT2D eigenvalue weighted by Gasteiger charge is 2.61. The third kappa shape index (κ3) is 12.1. The lowest BCUT2D eigenvalue weighted by Crippen LogP contribution is -2.49. The molecule has 358 valence electrons. The van der Waals surface area contributed by atoms with Gasteiger partial charge >= 0.3 is 46.7 Å². The Morgan fingerprint density at radius 1 is 0.609 bits per heavy atom. The van der Waals surface area contributed by atoms with Crippen LogP contribution in [0.2, 0.25) is 10.0 Å². The number of nitrogens with zero attached hydrogens (tertiary/aromatic N) is 3. The maximum absolute atomic E-state index is 12.4. The number of rotatable bonds is 9. The maximum atomic E-state index is 12.4. The molecule has 0 aromatic heterocycles. The van der Waals surface area contributed by atoms with Crippen molar-refractivity contribution in [3.8, 4) is 11.5 Å². The van der Waals surface area contributed by atoms with Crippen LogP contribution in [0, 0.1) is 0 Å². The minimum Gasteiger partial charge on any atom is -0.508 e. The van der Waals surface area contributed by atoms with Crippen molar-refractivity contribution in [1.82, 2.24) is 9.80 Å². The molecule has 11 nitrogen and oxygen atoms in total. The average molecular weight is 1060 g/mol. The van der Waals surface area contributed by atoms with Gasteiger partial charge in [-0.2, -0.15) is 64.8 Å². The highest BCUT2D eigenvalue weighted by Crippen LogP contribution is 2.45. The van der Waals surface area contributed by atoms with Crippen molar-refractivity contribution in [2.24, 2.45) is 0 Å². The third-order valence-electron chi connectivity index (χ3n) is 11.0. The zero-order valence-corrected chi connectivity index (χ0v) is 38.9. The van der Waals surface area contributed by atoms with Gasteiger partial charge in [0.15, 0.2) is 0 Å². The molecule has 0 aliphatic carbocycles. The standard InChI is InChI=1S/C15H17ClF3NO3S2.C14H18ClNOS.C8H5F6NO4S2/c1-20-9-2-3-10(20)7-12(6-9)24-14-5-4-11(8-13(14)16)23-25(21,22)15(17,18)19;1-16-9-2-3-10(16)7-12(6-9)18-14-5-4-11(17)8-13(14)15;9-7(10,11)20(16,17)15(6-4-2-1-3-5-6)21(18,19)8(12,13)14/h4-5,8-10,12H,2-3,6-7H2,1H3;4-5,8-10,12,17H,2-3,6-7H2,1H3;1-5H/t2*9-,10+,12?;. The quantitative estimate of drug-likeness (QED) is 0.124. The number of phenols is 1. The van der Waals surface area contributed by atoms with Gasteiger partial charge in [-0.25, -0.2) is 0 Å². The van der Waals surface area contributed by atoms with Crippen molar-refractivity contribution < 1.29 is 74.1 Å². The lowest BCUT2D eigenvalue weighted by Gasteiger charge is -2.36. The second-order valence-electron chi connectivity index (χ2n) is 15.1. The highest BCUT2D eigenvalue weighted by molar-refractivity contribution is 8.11. The zero-order valence-electron chi connectivity index (χ0n) is 33.3. The molecule has 4 saturated heterocycles. The minimum atomic E-state index is -6.81. The molecule has 7 rings (SSSR count). The number of aromatic hydroxyl groups is 1. The van der Waals surface area contributed by atoms with Crippen molar-refractivity contribution in [3.05, 3.63) is 76.8 Å². The molecule has 4 aliphatic rings. The molecule has 3 aromatic carbocycles. The summed E-state index contributed by atoms with van der Waals surface area (Å²) in [6.07, 6.45) is 9.66. The van der Waals surface area contributed by atoms with Crippen molar-refractivity contribution in [2.75, 3.05) is 17.8 Å². The zero-order chi connectivity index (χ0) is 47.8. The van der Waals surface area contributed by atoms with Crippen molar-refractivity contribution >= 4 is 82.6 Å². The topological polar surface area (TPSA) is 142 Å². The van der Waals surface area contributed by atoms with Gasteiger partial charge in [-0.05, 0) is 108 Å². The van der Waals surface area contributed by atoms with Crippen LogP contribution in [-0.4, -0.2) is 105 Å². The van der Waals surface area contributed by atoms with E-state index in [0.29, 0.717) is 44.6 Å². The first-order valence-electron chi connectivity index (χ1n) is 19.0. The number of halogens is 11. The van der Waals surface area contributed by atoms with Crippen LogP contribution in [-0.2, 0) is 30.2 Å². The van der Waals surface area contributed by atoms with Crippen LogP contribution < -0.4 is 7.89 Å². The summed E-state index contributed by atoms with van der Waals surface area (Å²) < 4.78 is 181. The van der Waals surface area contributed by atoms with E-state index in [9.17, 15) is 69.9 Å². The van der Waals surface area contributed by atoms with Gasteiger partial charge in [-0.3, -0.25) is 0 Å². The fourth-order valence-corrected chi connectivity index (χ4v) is 14.2. The fourth-order valence-electron chi connectivity index (χ4n) is 7.81. The van der Waals surface area contributed by atoms with Gasteiger partial charge in [0, 0.05) is 50.5 Å². The summed E-state index contributed by atoms with van der Waals surface area (Å²) in [6.45, 7) is 0. The van der Waals surface area contributed by atoms with Gasteiger partial charge in [-0.1, -0.05) is 41.4 Å². The molecule has 0 amide bonds. The number of fused-ring (bicyclic) bond motifs is 4. The van der Waals surface area contributed by atoms with Gasteiger partial charge in [0.1, 0.15) is 11.5 Å². The number of anilines is 1. The summed E-state index contributed by atoms with van der Waals surface area (Å²) in [5, 5.41) is 11.3. The molecule has 4 aliphatic heterocycles. The number of para-hydroxylation sites is 1. The van der Waals surface area contributed by atoms with Crippen LogP contribution in [0.3, 0.4) is 0 Å². The lowest BCUT2D eigenvalue weighted by atomic mass is 10.0. The number of thioether (sulfide) groups is 2. The van der Waals surface area contributed by atoms with Crippen LogP contribution in [0.1, 0.15) is 51.4 Å². The van der Waals surface area contributed by atoms with Crippen molar-refractivity contribution in [2.45, 2.75) is 112 Å². The Morgan fingerprint density at radius 3 is 1.36 bits per heavy atom. The largest absolute Gasteiger partial charge is 0.534 e. The molecule has 0 radical (unpaired) electrons. The fraction of sp³-hybridized carbons (Fsp3) is 0.514. The Labute approximate surface area is 382 Å². The van der Waals surface area contributed by atoms with Gasteiger partial charge in [0.2, 0.25) is 0 Å². The predicted molar refractivity (Wildman–Crippen MR) is 226 cm³/mol. The summed E-state index contributed by atoms with van der Waals surface area (Å²) >= 11 is 15.8. The van der Waals surface area contributed by atoms with Crippen LogP contribution in [0.15, 0.2) is 76.5 Å². The molecule has 1 N–H and O–H groups in total. The van der Waals surface area contributed by atoms with E-state index < -0.39 is 61.8 Å². The molecule has 4 fully saturated rings. The summed E-state index contributed by atoms with van der Waals surface area (Å²) in [6, 6.07) is 15.6. The number of hydrogen-bond donors (Lipinski definition) is 1. The van der Waals surface area contributed by atoms with E-state index in [1.165, 1.54) is 50.7 Å². The number of sulfonamides is 2. The monoisotopic (exact) mass is 1060 g/mol. The van der Waals surface area contributed by atoms with E-state index in [1.54, 1.807) is 23.9 Å². The van der Waals surface area contributed by atoms with Crippen LogP contribution in [0.25, 0.3) is 0 Å². The number of hydrogen-bond acceptors (Lipinski definition) is 12. The SMILES string of the molecule is CN1[C@@H]2CC[C@H]1CC(Sc1ccc(O)cc1Cl)C2.CN1[C@@H]2CC[C@H]1CC(Sc1ccc(OS(=O)(=O)C(F)(F)F)cc1Cl)C2.O=S(=O)(N(c1ccccc1)S(=O)(=O)C(F)(F)F)C(F)(F)F. The van der Waals surface area contributed by atoms with Crippen LogP contribution >= 0.6 is 46.7 Å². The molecule has 4 heterocycles. The minimum absolute atomic E-state index is 0.186. The smallest absolute Gasteiger partial charge is 0.508 e. The van der Waals surface area contributed by atoms with Gasteiger partial charge < -0.3 is 19.1 Å². The molecule has 3 aromatic rings. The first-order valence-corrected chi connectivity index (χ1v) is 25.8. The van der Waals surface area contributed by atoms with E-state index in [2.05, 4.69) is 28.1 Å². The van der Waals surface area contributed by atoms with E-state index in [1.807, 2.05) is 17.8 Å². The Kier molecular flexibility index (Phi) is 16.4. The number of alkyl halides is 9. The Bertz CT molecular complexity index is 2380. The van der Waals surface area contributed by atoms with E-state index in [-0.39, 0.29) is 10.8 Å². The van der Waals surface area contributed by atoms with Gasteiger partial charge in [0.25, 0.3) is 0 Å². The first kappa shape index (κ1) is 52.4. The summed E-state index contributed by atoms with van der Waals surface area (Å²) in [5.41, 5.74) is -19.3. The van der Waals surface area contributed by atoms with Crippen LogP contribution in [0.4, 0.5) is 45.2 Å². The Balaban J connectivity index is 0.000000183. The summed E-state index contributed by atoms with van der Waals surface area (Å²) in [7, 11) is -14.9. The Morgan fingerprint density at radius 2 is 1.00 bits per heavy atom. The van der Waals surface area contributed by atoms with Crippen molar-refractivity contribution in [1.29, 1.82) is 0 Å². The molecule has 64 heavy (non-hydrogen) atoms. The molecule has 27 heteroatoms. The normalized spacial score (nSPS) is 24.3. The molecular weight excluding hydrogens is 1020 g/mol. The molecular formula is C37H40Cl2F9N3O8S5. The molecule has 0 saturated carbocycles. The first-order chi connectivity index (χ1) is 29.4.